The van der Waals surface area contributed by atoms with Gasteiger partial charge in [0.15, 0.2) is 0 Å². The molecule has 0 radical (unpaired) electrons. The van der Waals surface area contributed by atoms with Crippen LogP contribution in [0.1, 0.15) is 16.8 Å². The minimum Gasteiger partial charge on any atom is -0.480 e. The second kappa shape index (κ2) is 9.24. The molecule has 0 heterocycles. The zero-order valence-corrected chi connectivity index (χ0v) is 16.1. The normalized spacial score (nSPS) is 11.6. The molecule has 1 amide bonds. The fraction of sp³-hybridized carbons (Fsp3) is 0.130. The van der Waals surface area contributed by atoms with Crippen LogP contribution in [0.3, 0.4) is 0 Å². The summed E-state index contributed by atoms with van der Waals surface area (Å²) < 4.78 is 0. The smallest absolute Gasteiger partial charge is 0.326 e. The SMILES string of the molecule is O=C(O)[C@H](CCS)N(C(=O)c1ccccc1-c1ccccc1)c1ccccc1. The number of carboxylic acids is 1. The van der Waals surface area contributed by atoms with Gasteiger partial charge < -0.3 is 5.11 Å². The highest BCUT2D eigenvalue weighted by Crippen LogP contribution is 2.28. The van der Waals surface area contributed by atoms with Gasteiger partial charge in [-0.1, -0.05) is 66.7 Å². The predicted octanol–water partition coefficient (Wildman–Crippen LogP) is 4.77. The summed E-state index contributed by atoms with van der Waals surface area (Å²) in [5.74, 6) is -1.04. The zero-order valence-electron chi connectivity index (χ0n) is 15.2. The molecule has 1 atom stereocenters. The molecule has 3 rings (SSSR count). The second-order valence-electron chi connectivity index (χ2n) is 6.29. The first kappa shape index (κ1) is 19.7. The van der Waals surface area contributed by atoms with E-state index in [1.54, 1.807) is 36.4 Å². The lowest BCUT2D eigenvalue weighted by Crippen LogP contribution is -2.46. The van der Waals surface area contributed by atoms with Crippen molar-refractivity contribution in [2.24, 2.45) is 0 Å². The number of benzene rings is 3. The Hall–Kier alpha value is -3.05. The van der Waals surface area contributed by atoms with Crippen LogP contribution in [0.25, 0.3) is 11.1 Å². The van der Waals surface area contributed by atoms with Crippen LogP contribution in [0.2, 0.25) is 0 Å². The van der Waals surface area contributed by atoms with Gasteiger partial charge in [-0.05, 0) is 41.5 Å². The molecule has 0 saturated carbocycles. The van der Waals surface area contributed by atoms with Crippen LogP contribution in [0, 0.1) is 0 Å². The number of amides is 1. The zero-order chi connectivity index (χ0) is 19.9. The molecule has 0 aliphatic heterocycles. The molecule has 0 aromatic heterocycles. The molecule has 0 unspecified atom stereocenters. The van der Waals surface area contributed by atoms with E-state index in [2.05, 4.69) is 12.6 Å². The summed E-state index contributed by atoms with van der Waals surface area (Å²) in [6.07, 6.45) is 0.243. The van der Waals surface area contributed by atoms with Gasteiger partial charge in [0.05, 0.1) is 0 Å². The highest BCUT2D eigenvalue weighted by atomic mass is 32.1. The summed E-state index contributed by atoms with van der Waals surface area (Å²) in [6.45, 7) is 0. The number of rotatable bonds is 7. The van der Waals surface area contributed by atoms with Crippen LogP contribution in [0.5, 0.6) is 0 Å². The lowest BCUT2D eigenvalue weighted by molar-refractivity contribution is -0.138. The Morgan fingerprint density at radius 3 is 2.04 bits per heavy atom. The summed E-state index contributed by atoms with van der Waals surface area (Å²) in [6, 6.07) is 24.8. The van der Waals surface area contributed by atoms with Crippen molar-refractivity contribution in [3.05, 3.63) is 90.5 Å². The van der Waals surface area contributed by atoms with Crippen molar-refractivity contribution in [2.75, 3.05) is 10.7 Å². The largest absolute Gasteiger partial charge is 0.480 e. The molecule has 3 aromatic carbocycles. The fourth-order valence-electron chi connectivity index (χ4n) is 3.18. The van der Waals surface area contributed by atoms with Crippen LogP contribution < -0.4 is 4.90 Å². The summed E-state index contributed by atoms with van der Waals surface area (Å²) in [5, 5.41) is 9.79. The molecule has 0 spiro atoms. The molecule has 0 fully saturated rings. The molecule has 28 heavy (non-hydrogen) atoms. The van der Waals surface area contributed by atoms with E-state index in [-0.39, 0.29) is 12.3 Å². The minimum absolute atomic E-state index is 0.243. The number of nitrogens with zero attached hydrogens (tertiary/aromatic N) is 1. The first-order valence-corrected chi connectivity index (χ1v) is 9.63. The van der Waals surface area contributed by atoms with Gasteiger partial charge in [-0.3, -0.25) is 9.69 Å². The molecule has 0 bridgehead atoms. The first-order chi connectivity index (χ1) is 13.6. The van der Waals surface area contributed by atoms with Gasteiger partial charge in [-0.25, -0.2) is 4.79 Å². The van der Waals surface area contributed by atoms with E-state index in [1.807, 2.05) is 48.5 Å². The van der Waals surface area contributed by atoms with E-state index in [0.717, 1.165) is 11.1 Å². The third-order valence-corrected chi connectivity index (χ3v) is 4.75. The molecule has 1 N–H and O–H groups in total. The number of carbonyl (C=O) groups excluding carboxylic acids is 1. The molecule has 0 saturated heterocycles. The van der Waals surface area contributed by atoms with Gasteiger partial charge in [0.25, 0.3) is 5.91 Å². The van der Waals surface area contributed by atoms with E-state index in [9.17, 15) is 14.7 Å². The molecular formula is C23H21NO3S. The lowest BCUT2D eigenvalue weighted by Gasteiger charge is -2.29. The van der Waals surface area contributed by atoms with Gasteiger partial charge >= 0.3 is 5.97 Å². The van der Waals surface area contributed by atoms with Crippen molar-refractivity contribution in [2.45, 2.75) is 12.5 Å². The lowest BCUT2D eigenvalue weighted by atomic mass is 9.98. The maximum absolute atomic E-state index is 13.6. The highest BCUT2D eigenvalue weighted by molar-refractivity contribution is 7.80. The Morgan fingerprint density at radius 2 is 1.43 bits per heavy atom. The monoisotopic (exact) mass is 391 g/mol. The number of thiol groups is 1. The summed E-state index contributed by atoms with van der Waals surface area (Å²) in [5.41, 5.74) is 2.68. The van der Waals surface area contributed by atoms with Crippen molar-refractivity contribution in [3.63, 3.8) is 0 Å². The Bertz CT molecular complexity index is 944. The average Bonchev–Trinajstić information content (AvgIpc) is 2.74. The number of aliphatic carboxylic acids is 1. The number of hydrogen-bond donors (Lipinski definition) is 2. The van der Waals surface area contributed by atoms with Gasteiger partial charge in [0.2, 0.25) is 0 Å². The minimum atomic E-state index is -1.05. The van der Waals surface area contributed by atoms with Crippen LogP contribution >= 0.6 is 12.6 Å². The second-order valence-corrected chi connectivity index (χ2v) is 6.74. The standard InChI is InChI=1S/C23H21NO3S/c25-22(20-14-8-7-13-19(20)17-9-3-1-4-10-17)24(18-11-5-2-6-12-18)21(15-16-28)23(26)27/h1-14,21,28H,15-16H2,(H,26,27)/t21-/m0/s1. The summed E-state index contributed by atoms with van der Waals surface area (Å²) >= 11 is 4.19. The predicted molar refractivity (Wildman–Crippen MR) is 115 cm³/mol. The van der Waals surface area contributed by atoms with Crippen molar-refractivity contribution in [1.29, 1.82) is 0 Å². The molecule has 5 heteroatoms. The van der Waals surface area contributed by atoms with Crippen LogP contribution in [-0.2, 0) is 4.79 Å². The van der Waals surface area contributed by atoms with E-state index >= 15 is 0 Å². The number of para-hydroxylation sites is 1. The Morgan fingerprint density at radius 1 is 0.857 bits per heavy atom. The van der Waals surface area contributed by atoms with Crippen LogP contribution in [0.15, 0.2) is 84.9 Å². The third-order valence-electron chi connectivity index (χ3n) is 4.49. The fourth-order valence-corrected chi connectivity index (χ4v) is 3.43. The Balaban J connectivity index is 2.12. The van der Waals surface area contributed by atoms with E-state index in [1.165, 1.54) is 4.90 Å². The molecule has 4 nitrogen and oxygen atoms in total. The summed E-state index contributed by atoms with van der Waals surface area (Å²) in [7, 11) is 0. The maximum Gasteiger partial charge on any atom is 0.326 e. The van der Waals surface area contributed by atoms with E-state index in [4.69, 9.17) is 0 Å². The van der Waals surface area contributed by atoms with Crippen molar-refractivity contribution in [3.8, 4) is 11.1 Å². The number of hydrogen-bond acceptors (Lipinski definition) is 3. The highest BCUT2D eigenvalue weighted by Gasteiger charge is 2.32. The topological polar surface area (TPSA) is 57.6 Å². The Labute approximate surface area is 169 Å². The van der Waals surface area contributed by atoms with Crippen LogP contribution in [0.4, 0.5) is 5.69 Å². The molecule has 142 valence electrons. The van der Waals surface area contributed by atoms with Crippen molar-refractivity contribution >= 4 is 30.2 Å². The quantitative estimate of drug-likeness (QED) is 0.570. The van der Waals surface area contributed by atoms with Gasteiger partial charge in [-0.2, -0.15) is 12.6 Å². The Kier molecular flexibility index (Phi) is 6.50. The van der Waals surface area contributed by atoms with Crippen molar-refractivity contribution < 1.29 is 14.7 Å². The first-order valence-electron chi connectivity index (χ1n) is 9.00. The molecule has 0 aliphatic carbocycles. The van der Waals surface area contributed by atoms with E-state index in [0.29, 0.717) is 17.0 Å². The molecule has 3 aromatic rings. The summed E-state index contributed by atoms with van der Waals surface area (Å²) in [4.78, 5) is 26.9. The van der Waals surface area contributed by atoms with Crippen LogP contribution in [-0.4, -0.2) is 28.8 Å². The average molecular weight is 391 g/mol. The maximum atomic E-state index is 13.6. The number of anilines is 1. The number of carboxylic acid groups (broad SMARTS) is 1. The van der Waals surface area contributed by atoms with Gasteiger partial charge in [0, 0.05) is 11.3 Å². The third kappa shape index (κ3) is 4.26. The van der Waals surface area contributed by atoms with Gasteiger partial charge in [0.1, 0.15) is 6.04 Å². The molecular weight excluding hydrogens is 370 g/mol. The number of carbonyl (C=O) groups is 2. The van der Waals surface area contributed by atoms with Crippen molar-refractivity contribution in [1.82, 2.24) is 0 Å². The molecule has 0 aliphatic rings. The van der Waals surface area contributed by atoms with E-state index < -0.39 is 12.0 Å². The van der Waals surface area contributed by atoms with Gasteiger partial charge in [-0.15, -0.1) is 0 Å².